The van der Waals surface area contributed by atoms with Crippen molar-refractivity contribution in [2.75, 3.05) is 6.54 Å². The van der Waals surface area contributed by atoms with Crippen molar-refractivity contribution in [1.82, 2.24) is 15.1 Å². The highest BCUT2D eigenvalue weighted by Crippen LogP contribution is 2.18. The maximum Gasteiger partial charge on any atom is 0.224 e. The fourth-order valence-electron chi connectivity index (χ4n) is 1.99. The molecule has 118 valence electrons. The Hall–Kier alpha value is -2.28. The van der Waals surface area contributed by atoms with Crippen molar-refractivity contribution in [3.05, 3.63) is 53.4 Å². The van der Waals surface area contributed by atoms with Gasteiger partial charge in [-0.3, -0.25) is 9.48 Å². The Labute approximate surface area is 126 Å². The Bertz CT molecular complexity index is 683. The number of amides is 1. The van der Waals surface area contributed by atoms with Crippen molar-refractivity contribution in [2.45, 2.75) is 18.9 Å². The number of benzene rings is 1. The van der Waals surface area contributed by atoms with Crippen LogP contribution in [0.3, 0.4) is 0 Å². The summed E-state index contributed by atoms with van der Waals surface area (Å²) in [6.07, 6.45) is 2.84. The van der Waals surface area contributed by atoms with E-state index in [2.05, 4.69) is 10.4 Å². The van der Waals surface area contributed by atoms with Gasteiger partial charge in [-0.1, -0.05) is 0 Å². The van der Waals surface area contributed by atoms with Crippen LogP contribution in [0.5, 0.6) is 0 Å². The zero-order chi connectivity index (χ0) is 16.3. The van der Waals surface area contributed by atoms with E-state index in [4.69, 9.17) is 0 Å². The third-order valence-corrected chi connectivity index (χ3v) is 3.32. The van der Waals surface area contributed by atoms with Crippen molar-refractivity contribution in [3.63, 3.8) is 0 Å². The molecule has 1 amide bonds. The molecule has 1 heterocycles. The smallest absolute Gasteiger partial charge is 0.224 e. The van der Waals surface area contributed by atoms with E-state index in [9.17, 15) is 18.7 Å². The first kappa shape index (κ1) is 16.1. The lowest BCUT2D eigenvalue weighted by Crippen LogP contribution is -2.39. The second-order valence-corrected chi connectivity index (χ2v) is 5.37. The number of aromatic nitrogens is 2. The Balaban J connectivity index is 1.96. The van der Waals surface area contributed by atoms with Gasteiger partial charge >= 0.3 is 0 Å². The van der Waals surface area contributed by atoms with E-state index >= 15 is 0 Å². The van der Waals surface area contributed by atoms with Gasteiger partial charge in [-0.15, -0.1) is 0 Å². The summed E-state index contributed by atoms with van der Waals surface area (Å²) in [6.45, 7) is 1.47. The van der Waals surface area contributed by atoms with Crippen LogP contribution >= 0.6 is 0 Å². The van der Waals surface area contributed by atoms with E-state index in [0.29, 0.717) is 5.56 Å². The number of halogens is 2. The van der Waals surface area contributed by atoms with Crippen LogP contribution in [0.1, 0.15) is 18.1 Å². The molecule has 0 aliphatic carbocycles. The Morgan fingerprint density at radius 2 is 2.18 bits per heavy atom. The third kappa shape index (κ3) is 3.88. The molecular formula is C15H17F2N3O2. The number of hydrogen-bond acceptors (Lipinski definition) is 3. The molecule has 0 bridgehead atoms. The van der Waals surface area contributed by atoms with E-state index < -0.39 is 23.1 Å². The molecule has 0 saturated carbocycles. The molecule has 0 radical (unpaired) electrons. The Morgan fingerprint density at radius 1 is 1.45 bits per heavy atom. The minimum absolute atomic E-state index is 0.0291. The second kappa shape index (κ2) is 6.23. The first-order chi connectivity index (χ1) is 10.3. The number of aryl methyl sites for hydroxylation is 1. The quantitative estimate of drug-likeness (QED) is 0.874. The van der Waals surface area contributed by atoms with Crippen molar-refractivity contribution in [3.8, 4) is 0 Å². The van der Waals surface area contributed by atoms with Gasteiger partial charge in [0, 0.05) is 24.4 Å². The number of rotatable bonds is 5. The molecule has 0 spiro atoms. The molecule has 1 unspecified atom stereocenters. The van der Waals surface area contributed by atoms with Crippen molar-refractivity contribution in [2.24, 2.45) is 7.05 Å². The fraction of sp³-hybridized carbons (Fsp3) is 0.333. The van der Waals surface area contributed by atoms with Gasteiger partial charge in [0.25, 0.3) is 0 Å². The van der Waals surface area contributed by atoms with Gasteiger partial charge in [0.1, 0.15) is 17.2 Å². The molecule has 1 aromatic heterocycles. The lowest BCUT2D eigenvalue weighted by Gasteiger charge is -2.22. The van der Waals surface area contributed by atoms with Gasteiger partial charge in [0.05, 0.1) is 19.2 Å². The molecule has 2 N–H and O–H groups in total. The monoisotopic (exact) mass is 309 g/mol. The zero-order valence-electron chi connectivity index (χ0n) is 12.3. The van der Waals surface area contributed by atoms with Crippen LogP contribution in [0, 0.1) is 11.6 Å². The lowest BCUT2D eigenvalue weighted by atomic mass is 9.99. The molecule has 0 fully saturated rings. The lowest BCUT2D eigenvalue weighted by molar-refractivity contribution is -0.121. The minimum atomic E-state index is -1.30. The normalized spacial score (nSPS) is 13.7. The molecule has 1 atom stereocenters. The van der Waals surface area contributed by atoms with E-state index in [-0.39, 0.29) is 18.5 Å². The summed E-state index contributed by atoms with van der Waals surface area (Å²) in [7, 11) is 1.71. The predicted molar refractivity (Wildman–Crippen MR) is 75.9 cm³/mol. The molecule has 0 saturated heterocycles. The summed E-state index contributed by atoms with van der Waals surface area (Å²) in [5.41, 5.74) is -0.782. The van der Waals surface area contributed by atoms with Gasteiger partial charge in [0.15, 0.2) is 0 Å². The summed E-state index contributed by atoms with van der Waals surface area (Å²) in [5, 5.41) is 16.8. The SMILES string of the molecule is Cn1cc(C(C)(O)CNC(=O)Cc2cc(F)ccc2F)cn1. The first-order valence-electron chi connectivity index (χ1n) is 6.70. The van der Waals surface area contributed by atoms with Gasteiger partial charge in [-0.05, 0) is 25.1 Å². The van der Waals surface area contributed by atoms with Crippen LogP contribution in [0.25, 0.3) is 0 Å². The number of hydrogen-bond donors (Lipinski definition) is 2. The van der Waals surface area contributed by atoms with E-state index in [0.717, 1.165) is 18.2 Å². The fourth-order valence-corrected chi connectivity index (χ4v) is 1.99. The largest absolute Gasteiger partial charge is 0.383 e. The molecule has 1 aromatic carbocycles. The number of carbonyl (C=O) groups is 1. The van der Waals surface area contributed by atoms with Gasteiger partial charge in [0.2, 0.25) is 5.91 Å². The first-order valence-corrected chi connectivity index (χ1v) is 6.70. The van der Waals surface area contributed by atoms with Crippen LogP contribution in [-0.2, 0) is 23.9 Å². The molecule has 2 rings (SSSR count). The van der Waals surface area contributed by atoms with Crippen molar-refractivity contribution < 1.29 is 18.7 Å². The number of aliphatic hydroxyl groups is 1. The topological polar surface area (TPSA) is 67.2 Å². The molecule has 22 heavy (non-hydrogen) atoms. The average molecular weight is 309 g/mol. The third-order valence-electron chi connectivity index (χ3n) is 3.32. The number of nitrogens with zero attached hydrogens (tertiary/aromatic N) is 2. The molecule has 5 nitrogen and oxygen atoms in total. The molecule has 7 heteroatoms. The highest BCUT2D eigenvalue weighted by molar-refractivity contribution is 5.78. The van der Waals surface area contributed by atoms with Crippen LogP contribution in [0.2, 0.25) is 0 Å². The Morgan fingerprint density at radius 3 is 2.82 bits per heavy atom. The van der Waals surface area contributed by atoms with Crippen LogP contribution in [0.4, 0.5) is 8.78 Å². The summed E-state index contributed by atoms with van der Waals surface area (Å²) in [5.74, 6) is -1.75. The van der Waals surface area contributed by atoms with Crippen LogP contribution in [0.15, 0.2) is 30.6 Å². The second-order valence-electron chi connectivity index (χ2n) is 5.37. The summed E-state index contributed by atoms with van der Waals surface area (Å²) in [4.78, 5) is 11.8. The highest BCUT2D eigenvalue weighted by Gasteiger charge is 2.25. The Kier molecular flexibility index (Phi) is 4.56. The summed E-state index contributed by atoms with van der Waals surface area (Å²) in [6, 6.07) is 2.95. The number of nitrogens with one attached hydrogen (secondary N) is 1. The highest BCUT2D eigenvalue weighted by atomic mass is 19.1. The molecule has 2 aromatic rings. The van der Waals surface area contributed by atoms with E-state index in [1.807, 2.05) is 0 Å². The standard InChI is InChI=1S/C15H17F2N3O2/c1-15(22,11-7-19-20(2)8-11)9-18-14(21)6-10-5-12(16)3-4-13(10)17/h3-5,7-8,22H,6,9H2,1-2H3,(H,18,21). The molecule has 0 aliphatic heterocycles. The summed E-state index contributed by atoms with van der Waals surface area (Å²) >= 11 is 0. The predicted octanol–water partition coefficient (Wildman–Crippen LogP) is 1.26. The van der Waals surface area contributed by atoms with Crippen molar-refractivity contribution >= 4 is 5.91 Å². The molecular weight excluding hydrogens is 292 g/mol. The summed E-state index contributed by atoms with van der Waals surface area (Å²) < 4.78 is 28.0. The van der Waals surface area contributed by atoms with Crippen molar-refractivity contribution in [1.29, 1.82) is 0 Å². The van der Waals surface area contributed by atoms with E-state index in [1.165, 1.54) is 17.8 Å². The van der Waals surface area contributed by atoms with Crippen LogP contribution in [-0.4, -0.2) is 27.3 Å². The van der Waals surface area contributed by atoms with E-state index in [1.54, 1.807) is 13.2 Å². The van der Waals surface area contributed by atoms with Gasteiger partial charge < -0.3 is 10.4 Å². The van der Waals surface area contributed by atoms with Crippen LogP contribution < -0.4 is 5.32 Å². The number of carbonyl (C=O) groups excluding carboxylic acids is 1. The van der Waals surface area contributed by atoms with Gasteiger partial charge in [-0.2, -0.15) is 5.10 Å². The maximum absolute atomic E-state index is 13.5. The van der Waals surface area contributed by atoms with Gasteiger partial charge in [-0.25, -0.2) is 8.78 Å². The average Bonchev–Trinajstić information content (AvgIpc) is 2.88. The minimum Gasteiger partial charge on any atom is -0.383 e. The zero-order valence-corrected chi connectivity index (χ0v) is 12.3. The maximum atomic E-state index is 13.5. The molecule has 0 aliphatic rings.